The molecule has 2 saturated carbocycles. The number of carbonyl (C=O) groups excluding carboxylic acids is 3. The number of hydrogen-bond acceptors (Lipinski definition) is 5. The van der Waals surface area contributed by atoms with Gasteiger partial charge in [0, 0.05) is 18.8 Å². The Morgan fingerprint density at radius 3 is 2.14 bits per heavy atom. The average Bonchev–Trinajstić information content (AvgIpc) is 3.85. The van der Waals surface area contributed by atoms with E-state index >= 15 is 4.39 Å². The summed E-state index contributed by atoms with van der Waals surface area (Å²) in [5.74, 6) is -3.47. The van der Waals surface area contributed by atoms with Gasteiger partial charge in [-0.2, -0.15) is 18.3 Å². The molecule has 1 aromatic heterocycles. The second-order valence-electron chi connectivity index (χ2n) is 11.2. The van der Waals surface area contributed by atoms with E-state index in [4.69, 9.17) is 5.73 Å². The summed E-state index contributed by atoms with van der Waals surface area (Å²) in [4.78, 5) is 39.2. The first kappa shape index (κ1) is 33.3. The molecule has 14 heteroatoms. The lowest BCUT2D eigenvalue weighted by Crippen LogP contribution is -2.51. The number of anilines is 1. The van der Waals surface area contributed by atoms with E-state index in [9.17, 15) is 27.6 Å². The second kappa shape index (κ2) is 13.4. The highest BCUT2D eigenvalue weighted by Gasteiger charge is 2.48. The van der Waals surface area contributed by atoms with Crippen molar-refractivity contribution in [2.75, 3.05) is 11.9 Å². The molecular weight excluding hydrogens is 580 g/mol. The van der Waals surface area contributed by atoms with Crippen LogP contribution in [0.25, 0.3) is 0 Å². The maximum absolute atomic E-state index is 15.1. The van der Waals surface area contributed by atoms with Crippen LogP contribution in [0.15, 0.2) is 30.5 Å². The van der Waals surface area contributed by atoms with Crippen LogP contribution in [0.5, 0.6) is 0 Å². The van der Waals surface area contributed by atoms with Gasteiger partial charge in [0.15, 0.2) is 0 Å². The molecule has 1 unspecified atom stereocenters. The smallest absolute Gasteiger partial charge is 0.343 e. The van der Waals surface area contributed by atoms with Crippen LogP contribution in [-0.2, 0) is 9.59 Å². The minimum atomic E-state index is -4.72. The van der Waals surface area contributed by atoms with Gasteiger partial charge >= 0.3 is 6.18 Å². The Labute approximate surface area is 247 Å². The van der Waals surface area contributed by atoms with Crippen molar-refractivity contribution in [3.05, 3.63) is 47.5 Å². The Hall–Kier alpha value is -3.19. The number of hydrogen-bond donors (Lipinski definition) is 4. The highest BCUT2D eigenvalue weighted by molar-refractivity contribution is 6.01. The minimum absolute atomic E-state index is 0. The lowest BCUT2D eigenvalue weighted by Gasteiger charge is -2.28. The van der Waals surface area contributed by atoms with Gasteiger partial charge in [-0.05, 0) is 88.0 Å². The lowest BCUT2D eigenvalue weighted by molar-refractivity contribution is -0.160. The highest BCUT2D eigenvalue weighted by atomic mass is 35.5. The van der Waals surface area contributed by atoms with E-state index in [-0.39, 0.29) is 47.5 Å². The molecule has 2 aliphatic rings. The largest absolute Gasteiger partial charge is 0.409 e. The third-order valence-corrected chi connectivity index (χ3v) is 7.77. The van der Waals surface area contributed by atoms with Crippen LogP contribution in [0.1, 0.15) is 74.5 Å². The van der Waals surface area contributed by atoms with E-state index in [1.54, 1.807) is 10.7 Å². The Kier molecular flexibility index (Phi) is 10.6. The number of nitrogens with one attached hydrogen (secondary N) is 3. The van der Waals surface area contributed by atoms with Crippen LogP contribution >= 0.6 is 12.4 Å². The maximum Gasteiger partial charge on any atom is 0.409 e. The van der Waals surface area contributed by atoms with Crippen molar-refractivity contribution in [3.8, 4) is 0 Å². The third kappa shape index (κ3) is 7.80. The van der Waals surface area contributed by atoms with Gasteiger partial charge in [-0.3, -0.25) is 19.1 Å². The number of amides is 3. The third-order valence-electron chi connectivity index (χ3n) is 7.77. The van der Waals surface area contributed by atoms with Crippen LogP contribution in [0.4, 0.5) is 23.2 Å². The summed E-state index contributed by atoms with van der Waals surface area (Å²) in [6.45, 7) is 4.28. The summed E-state index contributed by atoms with van der Waals surface area (Å²) < 4.78 is 55.7. The van der Waals surface area contributed by atoms with Gasteiger partial charge in [0.1, 0.15) is 23.6 Å². The van der Waals surface area contributed by atoms with Crippen molar-refractivity contribution >= 4 is 35.8 Å². The van der Waals surface area contributed by atoms with Gasteiger partial charge in [-0.15, -0.1) is 12.4 Å². The topological polar surface area (TPSA) is 131 Å². The predicted molar refractivity (Wildman–Crippen MR) is 151 cm³/mol. The van der Waals surface area contributed by atoms with E-state index in [2.05, 4.69) is 15.7 Å². The number of benzene rings is 1. The van der Waals surface area contributed by atoms with Crippen LogP contribution in [0.3, 0.4) is 0 Å². The molecule has 5 N–H and O–H groups in total. The molecule has 42 heavy (non-hydrogen) atoms. The molecular formula is C28H37ClF4N6O3. The summed E-state index contributed by atoms with van der Waals surface area (Å²) in [6, 6.07) is 1.99. The Morgan fingerprint density at radius 2 is 1.64 bits per heavy atom. The fourth-order valence-electron chi connectivity index (χ4n) is 5.18. The number of alkyl halides is 3. The van der Waals surface area contributed by atoms with Gasteiger partial charge in [-0.1, -0.05) is 6.07 Å². The summed E-state index contributed by atoms with van der Waals surface area (Å²) in [6.07, 6.45) is 0.601. The fraction of sp³-hybridized carbons (Fsp3) is 0.571. The molecule has 3 amide bonds. The van der Waals surface area contributed by atoms with Gasteiger partial charge < -0.3 is 21.7 Å². The Morgan fingerprint density at radius 1 is 1.02 bits per heavy atom. The van der Waals surface area contributed by atoms with Crippen molar-refractivity contribution < 1.29 is 31.9 Å². The van der Waals surface area contributed by atoms with Gasteiger partial charge in [0.05, 0.1) is 11.6 Å². The lowest BCUT2D eigenvalue weighted by atomic mass is 9.88. The van der Waals surface area contributed by atoms with Crippen LogP contribution in [0.2, 0.25) is 0 Å². The zero-order chi connectivity index (χ0) is 30.1. The molecule has 0 aliphatic heterocycles. The molecule has 2 fully saturated rings. The van der Waals surface area contributed by atoms with E-state index in [0.29, 0.717) is 5.69 Å². The zero-order valence-electron chi connectivity index (χ0n) is 23.6. The second-order valence-corrected chi connectivity index (χ2v) is 11.2. The summed E-state index contributed by atoms with van der Waals surface area (Å²) in [7, 11) is 0. The fourth-order valence-corrected chi connectivity index (χ4v) is 5.18. The van der Waals surface area contributed by atoms with Crippen molar-refractivity contribution in [1.82, 2.24) is 20.4 Å². The minimum Gasteiger partial charge on any atom is -0.343 e. The number of carbonyl (C=O) groups is 3. The van der Waals surface area contributed by atoms with Gasteiger partial charge in [0.2, 0.25) is 11.8 Å². The monoisotopic (exact) mass is 616 g/mol. The molecule has 232 valence electrons. The Balaban J connectivity index is 0.00000484. The molecule has 0 saturated heterocycles. The quantitative estimate of drug-likeness (QED) is 0.264. The predicted octanol–water partition coefficient (Wildman–Crippen LogP) is 4.31. The molecule has 0 bridgehead atoms. The van der Waals surface area contributed by atoms with E-state index in [1.807, 2.05) is 19.2 Å². The SMILES string of the molecule is CC(C)n1nccc1C(=O)N[C@H](C(=O)Nc1ccc([C@H](C)C(=O)NC(CN)C(F)(F)F)cc1F)C(C1CC1)C1CC1.Cl. The first-order valence-electron chi connectivity index (χ1n) is 13.8. The molecule has 1 aromatic carbocycles. The van der Waals surface area contributed by atoms with Crippen molar-refractivity contribution in [2.45, 2.75) is 76.7 Å². The molecule has 9 nitrogen and oxygen atoms in total. The number of nitrogens with two attached hydrogens (primary N) is 1. The standard InChI is InChI=1S/C28H36F4N6O3.ClH/c1-14(2)38-21(10-11-34-38)26(40)37-24(23(16-4-5-16)17-6-7-17)27(41)35-20-9-8-18(12-19(20)29)15(3)25(39)36-22(13-33)28(30,31)32;/h8-12,14-17,22-24H,4-7,13,33H2,1-3H3,(H,35,41)(H,36,39)(H,37,40);1H/t15-,22?,24-;/m0./s1. The van der Waals surface area contributed by atoms with Crippen molar-refractivity contribution in [2.24, 2.45) is 23.5 Å². The van der Waals surface area contributed by atoms with E-state index in [0.717, 1.165) is 31.7 Å². The van der Waals surface area contributed by atoms with E-state index in [1.165, 1.54) is 25.3 Å². The molecule has 2 aliphatic carbocycles. The normalized spacial score (nSPS) is 17.3. The van der Waals surface area contributed by atoms with Crippen LogP contribution in [0, 0.1) is 23.6 Å². The number of aromatic nitrogens is 2. The van der Waals surface area contributed by atoms with Crippen molar-refractivity contribution in [3.63, 3.8) is 0 Å². The van der Waals surface area contributed by atoms with Crippen LogP contribution in [-0.4, -0.2) is 52.3 Å². The molecule has 0 radical (unpaired) electrons. The first-order chi connectivity index (χ1) is 19.3. The zero-order valence-corrected chi connectivity index (χ0v) is 24.4. The molecule has 1 heterocycles. The highest BCUT2D eigenvalue weighted by Crippen LogP contribution is 2.51. The number of halogens is 5. The molecule has 0 spiro atoms. The van der Waals surface area contributed by atoms with Crippen molar-refractivity contribution in [1.29, 1.82) is 0 Å². The first-order valence-corrected chi connectivity index (χ1v) is 13.8. The number of nitrogens with zero attached hydrogens (tertiary/aromatic N) is 2. The van der Waals surface area contributed by atoms with Gasteiger partial charge in [-0.25, -0.2) is 4.39 Å². The maximum atomic E-state index is 15.1. The molecule has 3 atom stereocenters. The average molecular weight is 617 g/mol. The van der Waals surface area contributed by atoms with E-state index < -0.39 is 54.3 Å². The number of rotatable bonds is 12. The summed E-state index contributed by atoms with van der Waals surface area (Å²) in [5.41, 5.74) is 5.41. The van der Waals surface area contributed by atoms with Gasteiger partial charge in [0.25, 0.3) is 5.91 Å². The Bertz CT molecular complexity index is 1270. The molecule has 4 rings (SSSR count). The summed E-state index contributed by atoms with van der Waals surface area (Å²) in [5, 5.41) is 11.5. The summed E-state index contributed by atoms with van der Waals surface area (Å²) >= 11 is 0. The molecule has 2 aromatic rings. The van der Waals surface area contributed by atoms with Crippen LogP contribution < -0.4 is 21.7 Å².